The van der Waals surface area contributed by atoms with Crippen LogP contribution >= 0.6 is 0 Å². The maximum atomic E-state index is 11.6. The fourth-order valence-electron chi connectivity index (χ4n) is 1.30. The first-order valence-electron chi connectivity index (χ1n) is 4.82. The lowest BCUT2D eigenvalue weighted by molar-refractivity contribution is 0.00502. The van der Waals surface area contributed by atoms with Crippen LogP contribution in [0.25, 0.3) is 0 Å². The zero-order valence-electron chi connectivity index (χ0n) is 9.23. The van der Waals surface area contributed by atoms with Crippen molar-refractivity contribution in [2.75, 3.05) is 6.54 Å². The standard InChI is InChI=1S/C9H17N3O3/c1-9(2,3)15-8(13)12-5-4-6(12)7(10)11-14/h6,14H,4-5H2,1-3H3,(H2,10,11)/t6-/m0/s1. The van der Waals surface area contributed by atoms with Crippen LogP contribution in [0.15, 0.2) is 5.16 Å². The lowest BCUT2D eigenvalue weighted by Crippen LogP contribution is -2.58. The highest BCUT2D eigenvalue weighted by molar-refractivity contribution is 5.89. The van der Waals surface area contributed by atoms with Crippen molar-refractivity contribution in [1.82, 2.24) is 4.90 Å². The molecule has 0 aromatic heterocycles. The van der Waals surface area contributed by atoms with Gasteiger partial charge in [-0.2, -0.15) is 0 Å². The van der Waals surface area contributed by atoms with E-state index in [4.69, 9.17) is 15.7 Å². The maximum absolute atomic E-state index is 11.6. The molecule has 1 aliphatic heterocycles. The van der Waals surface area contributed by atoms with Gasteiger partial charge in [0.25, 0.3) is 0 Å². The van der Waals surface area contributed by atoms with Crippen molar-refractivity contribution >= 4 is 11.9 Å². The molecule has 1 amide bonds. The van der Waals surface area contributed by atoms with Crippen molar-refractivity contribution in [2.45, 2.75) is 38.8 Å². The minimum Gasteiger partial charge on any atom is -0.444 e. The van der Waals surface area contributed by atoms with Crippen LogP contribution in [0.3, 0.4) is 0 Å². The van der Waals surface area contributed by atoms with E-state index in [2.05, 4.69) is 5.16 Å². The molecule has 6 nitrogen and oxygen atoms in total. The SMILES string of the molecule is CC(C)(C)OC(=O)N1CC[C@H]1C(N)=NO. The highest BCUT2D eigenvalue weighted by Gasteiger charge is 2.37. The fraction of sp³-hybridized carbons (Fsp3) is 0.778. The van der Waals surface area contributed by atoms with E-state index >= 15 is 0 Å². The van der Waals surface area contributed by atoms with Crippen LogP contribution in [0.5, 0.6) is 0 Å². The number of amides is 1. The molecule has 0 unspecified atom stereocenters. The van der Waals surface area contributed by atoms with Crippen molar-refractivity contribution in [2.24, 2.45) is 10.9 Å². The van der Waals surface area contributed by atoms with Crippen LogP contribution in [0.4, 0.5) is 4.79 Å². The predicted octanol–water partition coefficient (Wildman–Crippen LogP) is 0.742. The first-order chi connectivity index (χ1) is 6.85. The summed E-state index contributed by atoms with van der Waals surface area (Å²) in [6, 6.07) is -0.329. The lowest BCUT2D eigenvalue weighted by Gasteiger charge is -2.40. The normalized spacial score (nSPS) is 22.2. The quantitative estimate of drug-likeness (QED) is 0.292. The summed E-state index contributed by atoms with van der Waals surface area (Å²) in [5, 5.41) is 11.4. The van der Waals surface area contributed by atoms with E-state index in [1.807, 2.05) is 0 Å². The van der Waals surface area contributed by atoms with Gasteiger partial charge in [0, 0.05) is 6.54 Å². The van der Waals surface area contributed by atoms with E-state index in [1.54, 1.807) is 20.8 Å². The molecule has 1 rings (SSSR count). The van der Waals surface area contributed by atoms with E-state index in [1.165, 1.54) is 4.90 Å². The van der Waals surface area contributed by atoms with Crippen molar-refractivity contribution < 1.29 is 14.7 Å². The lowest BCUT2D eigenvalue weighted by atomic mass is 10.0. The molecule has 0 saturated carbocycles. The zero-order chi connectivity index (χ0) is 11.6. The summed E-state index contributed by atoms with van der Waals surface area (Å²) in [6.45, 7) is 5.96. The number of carbonyl (C=O) groups excluding carboxylic acids is 1. The number of ether oxygens (including phenoxy) is 1. The topological polar surface area (TPSA) is 88.2 Å². The van der Waals surface area contributed by atoms with Gasteiger partial charge < -0.3 is 15.7 Å². The van der Waals surface area contributed by atoms with Gasteiger partial charge in [-0.05, 0) is 27.2 Å². The number of rotatable bonds is 1. The molecule has 6 heteroatoms. The first-order valence-corrected chi connectivity index (χ1v) is 4.82. The zero-order valence-corrected chi connectivity index (χ0v) is 9.23. The van der Waals surface area contributed by atoms with Gasteiger partial charge in [-0.25, -0.2) is 4.79 Å². The van der Waals surface area contributed by atoms with E-state index < -0.39 is 11.7 Å². The summed E-state index contributed by atoms with van der Waals surface area (Å²) in [5.41, 5.74) is 4.90. The Kier molecular flexibility index (Phi) is 3.06. The smallest absolute Gasteiger partial charge is 0.410 e. The minimum atomic E-state index is -0.525. The Hall–Kier alpha value is -1.46. The van der Waals surface area contributed by atoms with Crippen molar-refractivity contribution in [3.63, 3.8) is 0 Å². The third kappa shape index (κ3) is 2.74. The van der Waals surface area contributed by atoms with Crippen molar-refractivity contribution in [3.05, 3.63) is 0 Å². The number of nitrogens with zero attached hydrogens (tertiary/aromatic N) is 2. The Labute approximate surface area is 88.7 Å². The van der Waals surface area contributed by atoms with E-state index in [-0.39, 0.29) is 11.9 Å². The molecule has 3 N–H and O–H groups in total. The van der Waals surface area contributed by atoms with Gasteiger partial charge in [0.05, 0.1) is 6.04 Å². The number of likely N-dealkylation sites (tertiary alicyclic amines) is 1. The molecule has 1 atom stereocenters. The molecule has 1 aliphatic rings. The minimum absolute atomic E-state index is 0.0482. The summed E-state index contributed by atoms with van der Waals surface area (Å²) in [4.78, 5) is 13.0. The average molecular weight is 215 g/mol. The molecule has 0 radical (unpaired) electrons. The number of nitrogens with two attached hydrogens (primary N) is 1. The summed E-state index contributed by atoms with van der Waals surface area (Å²) < 4.78 is 5.16. The Bertz CT molecular complexity index is 283. The summed E-state index contributed by atoms with van der Waals surface area (Å²) in [5.74, 6) is 0.0482. The van der Waals surface area contributed by atoms with E-state index in [0.717, 1.165) is 0 Å². The summed E-state index contributed by atoms with van der Waals surface area (Å²) in [7, 11) is 0. The highest BCUT2D eigenvalue weighted by Crippen LogP contribution is 2.21. The molecule has 86 valence electrons. The van der Waals surface area contributed by atoms with E-state index in [9.17, 15) is 4.79 Å². The summed E-state index contributed by atoms with van der Waals surface area (Å²) in [6.07, 6.45) is 0.278. The second-order valence-corrected chi connectivity index (χ2v) is 4.50. The second-order valence-electron chi connectivity index (χ2n) is 4.50. The van der Waals surface area contributed by atoms with Gasteiger partial charge in [-0.1, -0.05) is 5.16 Å². The number of oxime groups is 1. The number of hydrogen-bond donors (Lipinski definition) is 2. The number of hydrogen-bond acceptors (Lipinski definition) is 4. The highest BCUT2D eigenvalue weighted by atomic mass is 16.6. The fourth-order valence-corrected chi connectivity index (χ4v) is 1.30. The van der Waals surface area contributed by atoms with Gasteiger partial charge in [-0.15, -0.1) is 0 Å². The van der Waals surface area contributed by atoms with Crippen molar-refractivity contribution in [3.8, 4) is 0 Å². The molecule has 15 heavy (non-hydrogen) atoms. The average Bonchev–Trinajstić information content (AvgIpc) is 1.97. The maximum Gasteiger partial charge on any atom is 0.410 e. The van der Waals surface area contributed by atoms with Crippen LogP contribution in [0, 0.1) is 0 Å². The molecule has 1 heterocycles. The van der Waals surface area contributed by atoms with Crippen LogP contribution < -0.4 is 5.73 Å². The van der Waals surface area contributed by atoms with Crippen LogP contribution in [-0.2, 0) is 4.74 Å². The molecular weight excluding hydrogens is 198 g/mol. The predicted molar refractivity (Wildman–Crippen MR) is 54.8 cm³/mol. The summed E-state index contributed by atoms with van der Waals surface area (Å²) >= 11 is 0. The van der Waals surface area contributed by atoms with Gasteiger partial charge in [0.1, 0.15) is 5.60 Å². The van der Waals surface area contributed by atoms with Crippen LogP contribution in [0.2, 0.25) is 0 Å². The Balaban J connectivity index is 2.55. The first kappa shape index (κ1) is 11.6. The largest absolute Gasteiger partial charge is 0.444 e. The van der Waals surface area contributed by atoms with Crippen LogP contribution in [0.1, 0.15) is 27.2 Å². The molecule has 0 aromatic carbocycles. The molecule has 0 aliphatic carbocycles. The second kappa shape index (κ2) is 3.96. The Morgan fingerprint density at radius 1 is 1.60 bits per heavy atom. The van der Waals surface area contributed by atoms with Crippen LogP contribution in [-0.4, -0.2) is 40.2 Å². The Morgan fingerprint density at radius 3 is 2.53 bits per heavy atom. The molecule has 1 fully saturated rings. The molecule has 0 bridgehead atoms. The number of amidine groups is 1. The van der Waals surface area contributed by atoms with Gasteiger partial charge in [0.2, 0.25) is 0 Å². The molecular formula is C9H17N3O3. The monoisotopic (exact) mass is 215 g/mol. The van der Waals surface area contributed by atoms with Gasteiger partial charge in [0.15, 0.2) is 5.84 Å². The van der Waals surface area contributed by atoms with E-state index in [0.29, 0.717) is 13.0 Å². The third-order valence-corrected chi connectivity index (χ3v) is 2.10. The molecule has 0 spiro atoms. The van der Waals surface area contributed by atoms with Gasteiger partial charge >= 0.3 is 6.09 Å². The number of carbonyl (C=O) groups is 1. The third-order valence-electron chi connectivity index (χ3n) is 2.10. The van der Waals surface area contributed by atoms with Gasteiger partial charge in [-0.3, -0.25) is 4.90 Å². The Morgan fingerprint density at radius 2 is 2.20 bits per heavy atom. The van der Waals surface area contributed by atoms with Crippen molar-refractivity contribution in [1.29, 1.82) is 0 Å². The molecule has 0 aromatic rings. The molecule has 1 saturated heterocycles.